The summed E-state index contributed by atoms with van der Waals surface area (Å²) in [4.78, 5) is 23.1. The Labute approximate surface area is 173 Å². The average molecular weight is 426 g/mol. The molecule has 0 bridgehead atoms. The van der Waals surface area contributed by atoms with Crippen LogP contribution < -0.4 is 15.4 Å². The van der Waals surface area contributed by atoms with E-state index in [9.17, 15) is 4.79 Å². The fourth-order valence-electron chi connectivity index (χ4n) is 2.88. The molecule has 1 aliphatic heterocycles. The highest BCUT2D eigenvalue weighted by Crippen LogP contribution is 2.33. The first-order valence-corrected chi connectivity index (χ1v) is 9.44. The van der Waals surface area contributed by atoms with E-state index in [4.69, 9.17) is 32.7 Å². The van der Waals surface area contributed by atoms with Crippen molar-refractivity contribution in [1.82, 2.24) is 14.9 Å². The number of carbonyl (C=O) groups excluding carboxylic acids is 1. The van der Waals surface area contributed by atoms with Crippen LogP contribution >= 0.6 is 23.2 Å². The molecule has 2 N–H and O–H groups in total. The molecule has 1 amide bonds. The number of ether oxygens (including phenoxy) is 2. The van der Waals surface area contributed by atoms with Crippen LogP contribution in [0.1, 0.15) is 17.3 Å². The molecule has 0 spiro atoms. The van der Waals surface area contributed by atoms with Gasteiger partial charge in [0.15, 0.2) is 0 Å². The van der Waals surface area contributed by atoms with Gasteiger partial charge in [0.1, 0.15) is 16.6 Å². The van der Waals surface area contributed by atoms with Crippen LogP contribution in [0.15, 0.2) is 18.3 Å². The summed E-state index contributed by atoms with van der Waals surface area (Å²) >= 11 is 12.4. The Bertz CT molecular complexity index is 881. The second-order valence-corrected chi connectivity index (χ2v) is 7.04. The Morgan fingerprint density at radius 1 is 1.36 bits per heavy atom. The Balaban J connectivity index is 1.88. The van der Waals surface area contributed by atoms with E-state index in [-0.39, 0.29) is 12.0 Å². The van der Waals surface area contributed by atoms with Gasteiger partial charge in [-0.05, 0) is 13.0 Å². The number of morpholine rings is 1. The van der Waals surface area contributed by atoms with Crippen molar-refractivity contribution in [3.8, 4) is 5.75 Å². The SMILES string of the molecule is CNc1nc(Nc2cc(OC)c(C(=O)N3CCOC(C)C3)cc2Cl)ncc1Cl. The summed E-state index contributed by atoms with van der Waals surface area (Å²) in [5, 5.41) is 6.65. The molecule has 8 nitrogen and oxygen atoms in total. The number of carbonyl (C=O) groups is 1. The van der Waals surface area contributed by atoms with Crippen LogP contribution in [0, 0.1) is 0 Å². The molecule has 3 rings (SSSR count). The Kier molecular flexibility index (Phi) is 6.43. The van der Waals surface area contributed by atoms with Gasteiger partial charge < -0.3 is 25.0 Å². The summed E-state index contributed by atoms with van der Waals surface area (Å²) in [7, 11) is 3.21. The number of hydrogen-bond donors (Lipinski definition) is 2. The summed E-state index contributed by atoms with van der Waals surface area (Å²) in [6, 6.07) is 3.23. The van der Waals surface area contributed by atoms with Gasteiger partial charge in [-0.3, -0.25) is 4.79 Å². The van der Waals surface area contributed by atoms with E-state index >= 15 is 0 Å². The van der Waals surface area contributed by atoms with Crippen molar-refractivity contribution in [2.75, 3.05) is 44.5 Å². The van der Waals surface area contributed by atoms with Crippen molar-refractivity contribution in [3.63, 3.8) is 0 Å². The van der Waals surface area contributed by atoms with Gasteiger partial charge in [0.25, 0.3) is 5.91 Å². The molecule has 1 saturated heterocycles. The number of nitrogens with zero attached hydrogens (tertiary/aromatic N) is 3. The molecule has 2 heterocycles. The van der Waals surface area contributed by atoms with Gasteiger partial charge in [0.05, 0.1) is 42.3 Å². The van der Waals surface area contributed by atoms with E-state index in [2.05, 4.69) is 20.6 Å². The summed E-state index contributed by atoms with van der Waals surface area (Å²) in [6.45, 7) is 3.48. The Morgan fingerprint density at radius 3 is 2.82 bits per heavy atom. The number of halogens is 2. The van der Waals surface area contributed by atoms with Crippen molar-refractivity contribution in [1.29, 1.82) is 0 Å². The lowest BCUT2D eigenvalue weighted by atomic mass is 10.1. The number of methoxy groups -OCH3 is 1. The second-order valence-electron chi connectivity index (χ2n) is 6.23. The molecule has 10 heteroatoms. The highest BCUT2D eigenvalue weighted by molar-refractivity contribution is 6.34. The van der Waals surface area contributed by atoms with Gasteiger partial charge in [-0.15, -0.1) is 0 Å². The number of anilines is 3. The van der Waals surface area contributed by atoms with E-state index < -0.39 is 0 Å². The van der Waals surface area contributed by atoms with Gasteiger partial charge in [0, 0.05) is 26.2 Å². The second kappa shape index (κ2) is 8.81. The number of benzene rings is 1. The Hall–Kier alpha value is -2.29. The van der Waals surface area contributed by atoms with Gasteiger partial charge >= 0.3 is 0 Å². The maximum atomic E-state index is 12.9. The van der Waals surface area contributed by atoms with E-state index in [0.29, 0.717) is 58.5 Å². The molecule has 1 aromatic carbocycles. The molecule has 28 heavy (non-hydrogen) atoms. The predicted molar refractivity (Wildman–Crippen MR) is 109 cm³/mol. The van der Waals surface area contributed by atoms with Crippen LogP contribution in [0.2, 0.25) is 10.0 Å². The lowest BCUT2D eigenvalue weighted by Crippen LogP contribution is -2.44. The van der Waals surface area contributed by atoms with Crippen LogP contribution in [-0.4, -0.2) is 60.7 Å². The number of aromatic nitrogens is 2. The largest absolute Gasteiger partial charge is 0.496 e. The summed E-state index contributed by atoms with van der Waals surface area (Å²) in [5.74, 6) is 1.04. The third-order valence-corrected chi connectivity index (χ3v) is 4.86. The molecule has 1 unspecified atom stereocenters. The number of nitrogens with one attached hydrogen (secondary N) is 2. The molecule has 1 atom stereocenters. The monoisotopic (exact) mass is 425 g/mol. The normalized spacial score (nSPS) is 16.6. The fraction of sp³-hybridized carbons (Fsp3) is 0.389. The lowest BCUT2D eigenvalue weighted by molar-refractivity contribution is -0.0125. The maximum absolute atomic E-state index is 12.9. The molecule has 0 saturated carbocycles. The van der Waals surface area contributed by atoms with Crippen molar-refractivity contribution in [3.05, 3.63) is 33.9 Å². The average Bonchev–Trinajstić information content (AvgIpc) is 2.70. The quantitative estimate of drug-likeness (QED) is 0.757. The molecule has 1 aromatic heterocycles. The Morgan fingerprint density at radius 2 is 2.14 bits per heavy atom. The summed E-state index contributed by atoms with van der Waals surface area (Å²) in [6.07, 6.45) is 1.47. The molecule has 0 radical (unpaired) electrons. The minimum Gasteiger partial charge on any atom is -0.496 e. The minimum absolute atomic E-state index is 0.0106. The van der Waals surface area contributed by atoms with Crippen molar-refractivity contribution in [2.45, 2.75) is 13.0 Å². The lowest BCUT2D eigenvalue weighted by Gasteiger charge is -2.31. The zero-order valence-corrected chi connectivity index (χ0v) is 17.3. The standard InChI is InChI=1S/C18H21Cl2N5O3/c1-10-9-25(4-5-28-10)17(26)11-6-12(19)14(7-15(11)27-3)23-18-22-8-13(20)16(21-2)24-18/h6-8,10H,4-5,9H2,1-3H3,(H2,21,22,23,24). The molecule has 1 fully saturated rings. The van der Waals surface area contributed by atoms with E-state index in [0.717, 1.165) is 0 Å². The van der Waals surface area contributed by atoms with Gasteiger partial charge in [-0.2, -0.15) is 4.98 Å². The molecule has 1 aliphatic rings. The van der Waals surface area contributed by atoms with Crippen molar-refractivity contribution >= 4 is 46.6 Å². The van der Waals surface area contributed by atoms with E-state index in [1.165, 1.54) is 13.3 Å². The van der Waals surface area contributed by atoms with Gasteiger partial charge in [-0.25, -0.2) is 4.98 Å². The summed E-state index contributed by atoms with van der Waals surface area (Å²) in [5.41, 5.74) is 0.898. The molecular formula is C18H21Cl2N5O3. The third kappa shape index (κ3) is 4.40. The van der Waals surface area contributed by atoms with Crippen molar-refractivity contribution < 1.29 is 14.3 Å². The van der Waals surface area contributed by atoms with Crippen molar-refractivity contribution in [2.24, 2.45) is 0 Å². The molecular weight excluding hydrogens is 405 g/mol. The summed E-state index contributed by atoms with van der Waals surface area (Å²) < 4.78 is 10.9. The first-order chi connectivity index (χ1) is 13.4. The molecule has 0 aliphatic carbocycles. The topological polar surface area (TPSA) is 88.6 Å². The van der Waals surface area contributed by atoms with E-state index in [1.54, 1.807) is 24.1 Å². The number of hydrogen-bond acceptors (Lipinski definition) is 7. The van der Waals surface area contributed by atoms with Crippen LogP contribution in [0.3, 0.4) is 0 Å². The first kappa shape index (κ1) is 20.4. The minimum atomic E-state index is -0.152. The van der Waals surface area contributed by atoms with Crippen LogP contribution in [-0.2, 0) is 4.74 Å². The van der Waals surface area contributed by atoms with Crippen LogP contribution in [0.4, 0.5) is 17.5 Å². The first-order valence-electron chi connectivity index (χ1n) is 8.68. The molecule has 150 valence electrons. The van der Waals surface area contributed by atoms with E-state index in [1.807, 2.05) is 6.92 Å². The highest BCUT2D eigenvalue weighted by Gasteiger charge is 2.26. The zero-order valence-electron chi connectivity index (χ0n) is 15.8. The van der Waals surface area contributed by atoms with Crippen LogP contribution in [0.25, 0.3) is 0 Å². The smallest absolute Gasteiger partial charge is 0.257 e. The highest BCUT2D eigenvalue weighted by atomic mass is 35.5. The number of amides is 1. The number of rotatable bonds is 5. The van der Waals surface area contributed by atoms with Crippen LogP contribution in [0.5, 0.6) is 5.75 Å². The maximum Gasteiger partial charge on any atom is 0.257 e. The molecule has 2 aromatic rings. The zero-order chi connectivity index (χ0) is 20.3. The predicted octanol–water partition coefficient (Wildman–Crippen LogP) is 3.44. The van der Waals surface area contributed by atoms with Gasteiger partial charge in [0.2, 0.25) is 5.95 Å². The fourth-order valence-corrected chi connectivity index (χ4v) is 3.28. The van der Waals surface area contributed by atoms with Gasteiger partial charge in [-0.1, -0.05) is 23.2 Å². The third-order valence-electron chi connectivity index (χ3n) is 4.28.